The zero-order valence-corrected chi connectivity index (χ0v) is 22.7. The normalized spacial score (nSPS) is 12.2. The molecule has 0 fully saturated rings. The second-order valence-corrected chi connectivity index (χ2v) is 10.3. The summed E-state index contributed by atoms with van der Waals surface area (Å²) in [6.07, 6.45) is 28.9. The van der Waals surface area contributed by atoms with E-state index in [-0.39, 0.29) is 5.97 Å². The monoisotopic (exact) mass is 472 g/mol. The molecule has 0 radical (unpaired) electrons. The van der Waals surface area contributed by atoms with E-state index in [1.165, 1.54) is 122 Å². The van der Waals surface area contributed by atoms with E-state index in [0.29, 0.717) is 18.9 Å². The Morgan fingerprint density at radius 2 is 1.00 bits per heavy atom. The van der Waals surface area contributed by atoms with Gasteiger partial charge in [-0.1, -0.05) is 129 Å². The SMILES string of the molecule is CCCCCCCCCCC(CCCCCCCC)COC(=O)CCCCCCCCCl. The number of rotatable bonds is 26. The van der Waals surface area contributed by atoms with E-state index in [1.807, 2.05) is 0 Å². The maximum absolute atomic E-state index is 12.2. The van der Waals surface area contributed by atoms with Gasteiger partial charge >= 0.3 is 5.97 Å². The van der Waals surface area contributed by atoms with Crippen LogP contribution in [0.4, 0.5) is 0 Å². The topological polar surface area (TPSA) is 26.3 Å². The molecule has 0 aliphatic rings. The molecule has 0 amide bonds. The van der Waals surface area contributed by atoms with Crippen LogP contribution in [0.3, 0.4) is 0 Å². The van der Waals surface area contributed by atoms with Gasteiger partial charge in [0.15, 0.2) is 0 Å². The van der Waals surface area contributed by atoms with Crippen molar-refractivity contribution in [3.05, 3.63) is 0 Å². The number of esters is 1. The third-order valence-corrected chi connectivity index (χ3v) is 6.94. The van der Waals surface area contributed by atoms with Crippen molar-refractivity contribution < 1.29 is 9.53 Å². The standard InChI is InChI=1S/C29H57ClO2/c1-3-5-7-9-11-12-16-20-24-28(23-19-15-10-8-6-4-2)27-32-29(31)25-21-17-13-14-18-22-26-30/h28H,3-27H2,1-2H3. The lowest BCUT2D eigenvalue weighted by Crippen LogP contribution is -2.14. The van der Waals surface area contributed by atoms with Crippen LogP contribution in [0.1, 0.15) is 162 Å². The van der Waals surface area contributed by atoms with E-state index in [1.54, 1.807) is 0 Å². The van der Waals surface area contributed by atoms with Gasteiger partial charge in [0.2, 0.25) is 0 Å². The molecular weight excluding hydrogens is 416 g/mol. The summed E-state index contributed by atoms with van der Waals surface area (Å²) in [6, 6.07) is 0. The molecule has 0 bridgehead atoms. The molecule has 0 heterocycles. The lowest BCUT2D eigenvalue weighted by atomic mass is 9.94. The van der Waals surface area contributed by atoms with E-state index < -0.39 is 0 Å². The van der Waals surface area contributed by atoms with E-state index in [9.17, 15) is 4.79 Å². The molecule has 0 aromatic heterocycles. The van der Waals surface area contributed by atoms with Crippen molar-refractivity contribution >= 4 is 17.6 Å². The van der Waals surface area contributed by atoms with Crippen LogP contribution >= 0.6 is 11.6 Å². The van der Waals surface area contributed by atoms with Gasteiger partial charge in [0.1, 0.15) is 0 Å². The Hall–Kier alpha value is -0.240. The van der Waals surface area contributed by atoms with Crippen LogP contribution in [-0.2, 0) is 9.53 Å². The average molecular weight is 473 g/mol. The minimum Gasteiger partial charge on any atom is -0.465 e. The van der Waals surface area contributed by atoms with Gasteiger partial charge in [-0.3, -0.25) is 4.79 Å². The van der Waals surface area contributed by atoms with Crippen molar-refractivity contribution in [3.63, 3.8) is 0 Å². The molecule has 0 aliphatic heterocycles. The summed E-state index contributed by atoms with van der Waals surface area (Å²) >= 11 is 5.71. The molecule has 192 valence electrons. The second kappa shape index (κ2) is 27.0. The predicted molar refractivity (Wildman–Crippen MR) is 143 cm³/mol. The van der Waals surface area contributed by atoms with E-state index in [2.05, 4.69) is 13.8 Å². The van der Waals surface area contributed by atoms with Crippen LogP contribution in [0.15, 0.2) is 0 Å². The first kappa shape index (κ1) is 31.8. The molecule has 3 heteroatoms. The summed E-state index contributed by atoms with van der Waals surface area (Å²) in [5.74, 6) is 1.36. The molecule has 0 rings (SSSR count). The van der Waals surface area contributed by atoms with E-state index >= 15 is 0 Å². The highest BCUT2D eigenvalue weighted by Crippen LogP contribution is 2.20. The van der Waals surface area contributed by atoms with Gasteiger partial charge in [0.05, 0.1) is 6.61 Å². The van der Waals surface area contributed by atoms with Gasteiger partial charge in [0.25, 0.3) is 0 Å². The number of carbonyl (C=O) groups is 1. The highest BCUT2D eigenvalue weighted by molar-refractivity contribution is 6.17. The zero-order valence-electron chi connectivity index (χ0n) is 21.9. The summed E-state index contributed by atoms with van der Waals surface area (Å²) in [7, 11) is 0. The fourth-order valence-corrected chi connectivity index (χ4v) is 4.63. The molecule has 0 aliphatic carbocycles. The van der Waals surface area contributed by atoms with Crippen LogP contribution < -0.4 is 0 Å². The van der Waals surface area contributed by atoms with Gasteiger partial charge in [-0.05, 0) is 31.6 Å². The molecule has 0 saturated heterocycles. The lowest BCUT2D eigenvalue weighted by molar-refractivity contribution is -0.145. The van der Waals surface area contributed by atoms with Crippen molar-refractivity contribution in [1.29, 1.82) is 0 Å². The quantitative estimate of drug-likeness (QED) is 0.0710. The van der Waals surface area contributed by atoms with Crippen molar-refractivity contribution in [2.75, 3.05) is 12.5 Å². The molecule has 0 aromatic carbocycles. The molecule has 0 N–H and O–H groups in total. The van der Waals surface area contributed by atoms with E-state index in [0.717, 1.165) is 25.1 Å². The Labute approximate surface area is 207 Å². The second-order valence-electron chi connectivity index (χ2n) is 9.93. The first-order valence-electron chi connectivity index (χ1n) is 14.5. The van der Waals surface area contributed by atoms with Crippen molar-refractivity contribution in [1.82, 2.24) is 0 Å². The number of halogens is 1. The summed E-state index contributed by atoms with van der Waals surface area (Å²) in [4.78, 5) is 12.2. The predicted octanol–water partition coefficient (Wildman–Crippen LogP) is 10.4. The highest BCUT2D eigenvalue weighted by atomic mass is 35.5. The molecule has 0 saturated carbocycles. The summed E-state index contributed by atoms with van der Waals surface area (Å²) in [5.41, 5.74) is 0. The average Bonchev–Trinajstić information content (AvgIpc) is 2.80. The van der Waals surface area contributed by atoms with Crippen LogP contribution in [0.2, 0.25) is 0 Å². The summed E-state index contributed by atoms with van der Waals surface area (Å²) < 4.78 is 5.71. The van der Waals surface area contributed by atoms with Crippen LogP contribution in [0.5, 0.6) is 0 Å². The minimum atomic E-state index is 0.0228. The van der Waals surface area contributed by atoms with Gasteiger partial charge in [-0.25, -0.2) is 0 Å². The Bertz CT molecular complexity index is 372. The van der Waals surface area contributed by atoms with Gasteiger partial charge in [-0.2, -0.15) is 0 Å². The molecule has 0 aromatic rings. The van der Waals surface area contributed by atoms with Gasteiger partial charge in [0, 0.05) is 12.3 Å². The fourth-order valence-electron chi connectivity index (χ4n) is 4.45. The minimum absolute atomic E-state index is 0.0228. The number of ether oxygens (including phenoxy) is 1. The number of unbranched alkanes of at least 4 members (excludes halogenated alkanes) is 17. The fraction of sp³-hybridized carbons (Fsp3) is 0.966. The molecule has 2 nitrogen and oxygen atoms in total. The van der Waals surface area contributed by atoms with Gasteiger partial charge < -0.3 is 4.74 Å². The molecule has 1 atom stereocenters. The Kier molecular flexibility index (Phi) is 26.8. The van der Waals surface area contributed by atoms with Crippen molar-refractivity contribution in [2.45, 2.75) is 162 Å². The third kappa shape index (κ3) is 24.4. The van der Waals surface area contributed by atoms with Gasteiger partial charge in [-0.15, -0.1) is 11.6 Å². The maximum atomic E-state index is 12.2. The van der Waals surface area contributed by atoms with Crippen LogP contribution in [0, 0.1) is 5.92 Å². The third-order valence-electron chi connectivity index (χ3n) is 6.68. The number of carbonyl (C=O) groups excluding carboxylic acids is 1. The summed E-state index contributed by atoms with van der Waals surface area (Å²) in [6.45, 7) is 5.21. The number of alkyl halides is 1. The smallest absolute Gasteiger partial charge is 0.305 e. The Balaban J connectivity index is 3.97. The summed E-state index contributed by atoms with van der Waals surface area (Å²) in [5, 5.41) is 0. The number of hydrogen-bond donors (Lipinski definition) is 0. The maximum Gasteiger partial charge on any atom is 0.305 e. The molecule has 32 heavy (non-hydrogen) atoms. The first-order valence-corrected chi connectivity index (χ1v) is 15.0. The first-order chi connectivity index (χ1) is 15.7. The van der Waals surface area contributed by atoms with Crippen LogP contribution in [-0.4, -0.2) is 18.5 Å². The largest absolute Gasteiger partial charge is 0.465 e. The highest BCUT2D eigenvalue weighted by Gasteiger charge is 2.12. The van der Waals surface area contributed by atoms with Crippen LogP contribution in [0.25, 0.3) is 0 Å². The Morgan fingerprint density at radius 1 is 0.594 bits per heavy atom. The molecule has 0 spiro atoms. The Morgan fingerprint density at radius 3 is 1.47 bits per heavy atom. The van der Waals surface area contributed by atoms with Crippen molar-refractivity contribution in [3.8, 4) is 0 Å². The van der Waals surface area contributed by atoms with Crippen molar-refractivity contribution in [2.24, 2.45) is 5.92 Å². The molecular formula is C29H57ClO2. The lowest BCUT2D eigenvalue weighted by Gasteiger charge is -2.17. The zero-order chi connectivity index (χ0) is 23.5. The molecule has 1 unspecified atom stereocenters. The number of hydrogen-bond acceptors (Lipinski definition) is 2. The van der Waals surface area contributed by atoms with E-state index in [4.69, 9.17) is 16.3 Å².